The zero-order chi connectivity index (χ0) is 13.5. The minimum absolute atomic E-state index is 0.360. The summed E-state index contributed by atoms with van der Waals surface area (Å²) in [6, 6.07) is 6.52. The van der Waals surface area contributed by atoms with Crippen molar-refractivity contribution in [3.05, 3.63) is 33.3 Å². The van der Waals surface area contributed by atoms with Crippen molar-refractivity contribution in [1.29, 1.82) is 0 Å². The van der Waals surface area contributed by atoms with Crippen molar-refractivity contribution in [3.63, 3.8) is 0 Å². The van der Waals surface area contributed by atoms with Crippen LogP contribution in [0.15, 0.2) is 22.7 Å². The molecular weight excluding hydrogens is 310 g/mol. The number of hydrogen-bond acceptors (Lipinski definition) is 1. The number of benzene rings is 1. The second-order valence-electron chi connectivity index (χ2n) is 5.08. The fourth-order valence-electron chi connectivity index (χ4n) is 2.13. The minimum Gasteiger partial charge on any atom is -0.310 e. The molecule has 0 heterocycles. The van der Waals surface area contributed by atoms with Gasteiger partial charge in [0.25, 0.3) is 0 Å². The summed E-state index contributed by atoms with van der Waals surface area (Å²) < 4.78 is 0.980. The Morgan fingerprint density at radius 1 is 1.28 bits per heavy atom. The van der Waals surface area contributed by atoms with Crippen LogP contribution < -0.4 is 5.32 Å². The van der Waals surface area contributed by atoms with Crippen LogP contribution in [0.3, 0.4) is 0 Å². The Balaban J connectivity index is 2.74. The zero-order valence-corrected chi connectivity index (χ0v) is 13.8. The van der Waals surface area contributed by atoms with E-state index in [0.717, 1.165) is 28.4 Å². The molecule has 1 aromatic carbocycles. The van der Waals surface area contributed by atoms with Crippen LogP contribution in [0.5, 0.6) is 0 Å². The summed E-state index contributed by atoms with van der Waals surface area (Å²) >= 11 is 9.88. The molecule has 0 aliphatic heterocycles. The number of nitrogens with one attached hydrogen (secondary N) is 1. The Morgan fingerprint density at radius 3 is 2.61 bits per heavy atom. The lowest BCUT2D eigenvalue weighted by molar-refractivity contribution is 0.455. The van der Waals surface area contributed by atoms with Crippen molar-refractivity contribution < 1.29 is 0 Å². The van der Waals surface area contributed by atoms with E-state index < -0.39 is 0 Å². The van der Waals surface area contributed by atoms with Crippen molar-refractivity contribution >= 4 is 27.5 Å². The van der Waals surface area contributed by atoms with Gasteiger partial charge < -0.3 is 5.32 Å². The minimum atomic E-state index is 0.360. The molecule has 1 N–H and O–H groups in total. The predicted octanol–water partition coefficient (Wildman–Crippen LogP) is 5.58. The Morgan fingerprint density at radius 2 is 2.00 bits per heavy atom. The van der Waals surface area contributed by atoms with E-state index in [1.54, 1.807) is 0 Å². The van der Waals surface area contributed by atoms with Crippen molar-refractivity contribution in [1.82, 2.24) is 5.32 Å². The molecule has 0 bridgehead atoms. The highest BCUT2D eigenvalue weighted by atomic mass is 79.9. The maximum absolute atomic E-state index is 6.38. The van der Waals surface area contributed by atoms with Crippen LogP contribution in [0.1, 0.15) is 51.6 Å². The quantitative estimate of drug-likeness (QED) is 0.687. The lowest BCUT2D eigenvalue weighted by Gasteiger charge is -2.20. The smallest absolute Gasteiger partial charge is 0.0595 e. The monoisotopic (exact) mass is 331 g/mol. The van der Waals surface area contributed by atoms with Crippen LogP contribution in [0, 0.1) is 5.92 Å². The highest BCUT2D eigenvalue weighted by Crippen LogP contribution is 2.32. The summed E-state index contributed by atoms with van der Waals surface area (Å²) in [6.45, 7) is 7.65. The second-order valence-corrected chi connectivity index (χ2v) is 6.31. The second kappa shape index (κ2) is 8.19. The fraction of sp³-hybridized carbons (Fsp3) is 0.600. The topological polar surface area (TPSA) is 12.0 Å². The van der Waals surface area contributed by atoms with Gasteiger partial charge in [-0.05, 0) is 46.4 Å². The van der Waals surface area contributed by atoms with Crippen LogP contribution in [-0.4, -0.2) is 6.54 Å². The molecule has 0 spiro atoms. The third-order valence-corrected chi connectivity index (χ3v) is 4.39. The molecule has 0 radical (unpaired) electrons. The van der Waals surface area contributed by atoms with Gasteiger partial charge in [0.15, 0.2) is 0 Å². The Kier molecular flexibility index (Phi) is 7.28. The first kappa shape index (κ1) is 16.0. The van der Waals surface area contributed by atoms with E-state index in [4.69, 9.17) is 11.6 Å². The first-order valence-electron chi connectivity index (χ1n) is 6.73. The lowest BCUT2D eigenvalue weighted by atomic mass is 9.98. The van der Waals surface area contributed by atoms with Gasteiger partial charge in [-0.25, -0.2) is 0 Å². The molecule has 3 heteroatoms. The first-order valence-corrected chi connectivity index (χ1v) is 7.90. The molecule has 18 heavy (non-hydrogen) atoms. The van der Waals surface area contributed by atoms with Gasteiger partial charge in [-0.15, -0.1) is 0 Å². The van der Waals surface area contributed by atoms with E-state index >= 15 is 0 Å². The van der Waals surface area contributed by atoms with Crippen LogP contribution in [0.4, 0.5) is 0 Å². The van der Waals surface area contributed by atoms with Gasteiger partial charge in [0.1, 0.15) is 0 Å². The summed E-state index contributed by atoms with van der Waals surface area (Å²) in [4.78, 5) is 0. The van der Waals surface area contributed by atoms with E-state index in [2.05, 4.69) is 54.2 Å². The third kappa shape index (κ3) is 4.91. The Labute approximate surface area is 124 Å². The molecule has 0 saturated heterocycles. The fourth-order valence-corrected chi connectivity index (χ4v) is 2.77. The molecule has 1 aromatic rings. The lowest BCUT2D eigenvalue weighted by Crippen LogP contribution is -2.21. The maximum Gasteiger partial charge on any atom is 0.0595 e. The highest BCUT2D eigenvalue weighted by molar-refractivity contribution is 9.10. The van der Waals surface area contributed by atoms with E-state index in [1.807, 2.05) is 6.07 Å². The third-order valence-electron chi connectivity index (χ3n) is 3.08. The average molecular weight is 333 g/mol. The molecule has 0 aliphatic carbocycles. The van der Waals surface area contributed by atoms with E-state index in [-0.39, 0.29) is 0 Å². The van der Waals surface area contributed by atoms with Crippen molar-refractivity contribution in [3.8, 4) is 0 Å². The summed E-state index contributed by atoms with van der Waals surface area (Å²) in [5.41, 5.74) is 1.21. The van der Waals surface area contributed by atoms with Crippen LogP contribution in [0.2, 0.25) is 5.02 Å². The van der Waals surface area contributed by atoms with Gasteiger partial charge in [0.05, 0.1) is 5.02 Å². The molecule has 0 saturated carbocycles. The van der Waals surface area contributed by atoms with Crippen LogP contribution >= 0.6 is 27.5 Å². The summed E-state index contributed by atoms with van der Waals surface area (Å²) in [6.07, 6.45) is 3.65. The molecule has 1 nitrogen and oxygen atoms in total. The van der Waals surface area contributed by atoms with Gasteiger partial charge in [-0.2, -0.15) is 0 Å². The molecule has 0 aromatic heterocycles. The molecule has 0 aliphatic rings. The van der Waals surface area contributed by atoms with Crippen molar-refractivity contribution in [2.75, 3.05) is 6.54 Å². The Bertz CT molecular complexity index is 366. The van der Waals surface area contributed by atoms with E-state index in [1.165, 1.54) is 18.4 Å². The molecule has 0 amide bonds. The highest BCUT2D eigenvalue weighted by Gasteiger charge is 2.15. The number of hydrogen-bond donors (Lipinski definition) is 1. The number of rotatable bonds is 7. The van der Waals surface area contributed by atoms with Gasteiger partial charge in [-0.3, -0.25) is 0 Å². The SMILES string of the molecule is CCNC(CCCC(C)C)c1cccc(Br)c1Cl. The summed E-state index contributed by atoms with van der Waals surface area (Å²) in [5, 5.41) is 4.38. The predicted molar refractivity (Wildman–Crippen MR) is 84.3 cm³/mol. The zero-order valence-electron chi connectivity index (χ0n) is 11.5. The van der Waals surface area contributed by atoms with Crippen LogP contribution in [0.25, 0.3) is 0 Å². The van der Waals surface area contributed by atoms with Gasteiger partial charge in [-0.1, -0.05) is 57.3 Å². The molecule has 1 atom stereocenters. The van der Waals surface area contributed by atoms with Gasteiger partial charge in [0.2, 0.25) is 0 Å². The van der Waals surface area contributed by atoms with Crippen molar-refractivity contribution in [2.45, 2.75) is 46.1 Å². The summed E-state index contributed by atoms with van der Waals surface area (Å²) in [5.74, 6) is 0.769. The molecule has 1 unspecified atom stereocenters. The van der Waals surface area contributed by atoms with E-state index in [9.17, 15) is 0 Å². The number of halogens is 2. The molecular formula is C15H23BrClN. The average Bonchev–Trinajstić information content (AvgIpc) is 2.31. The van der Waals surface area contributed by atoms with Crippen LogP contribution in [-0.2, 0) is 0 Å². The van der Waals surface area contributed by atoms with E-state index in [0.29, 0.717) is 6.04 Å². The van der Waals surface area contributed by atoms with Crippen molar-refractivity contribution in [2.24, 2.45) is 5.92 Å². The summed E-state index contributed by atoms with van der Waals surface area (Å²) in [7, 11) is 0. The molecule has 1 rings (SSSR count). The Hall–Kier alpha value is -0.0500. The van der Waals surface area contributed by atoms with Gasteiger partial charge >= 0.3 is 0 Å². The largest absolute Gasteiger partial charge is 0.310 e. The maximum atomic E-state index is 6.38. The van der Waals surface area contributed by atoms with Gasteiger partial charge in [0, 0.05) is 10.5 Å². The molecule has 102 valence electrons. The standard InChI is InChI=1S/C15H23BrClN/c1-4-18-14(10-5-7-11(2)3)12-8-6-9-13(16)15(12)17/h6,8-9,11,14,18H,4-5,7,10H2,1-3H3. The first-order chi connectivity index (χ1) is 8.56. The normalized spacial score (nSPS) is 13.0. The molecule has 0 fully saturated rings.